The average molecular weight is 342 g/mol. The van der Waals surface area contributed by atoms with Crippen LogP contribution in [0.25, 0.3) is 22.3 Å². The van der Waals surface area contributed by atoms with Crippen LogP contribution in [0.3, 0.4) is 0 Å². The van der Waals surface area contributed by atoms with Crippen molar-refractivity contribution in [1.29, 1.82) is 0 Å². The second-order valence-electron chi connectivity index (χ2n) is 6.38. The minimum Gasteiger partial charge on any atom is -0.291 e. The van der Waals surface area contributed by atoms with E-state index < -0.39 is 0 Å². The molecule has 3 aromatic heterocycles. The smallest absolute Gasteiger partial charge is 0.280 e. The van der Waals surface area contributed by atoms with Crippen LogP contribution in [0.5, 0.6) is 0 Å². The Labute approximate surface area is 151 Å². The molecule has 0 aliphatic heterocycles. The fourth-order valence-corrected chi connectivity index (χ4v) is 3.06. The molecule has 0 radical (unpaired) electrons. The van der Waals surface area contributed by atoms with Crippen molar-refractivity contribution in [3.8, 4) is 11.3 Å². The zero-order chi connectivity index (χ0) is 18.1. The summed E-state index contributed by atoms with van der Waals surface area (Å²) in [4.78, 5) is 26.2. The SMILES string of the molecule is Cc1ccc(-c2ccc3ncn(Cc4ccccn4)c(=O)c3n2)c(C)c1. The third kappa shape index (κ3) is 2.99. The largest absolute Gasteiger partial charge is 0.291 e. The van der Waals surface area contributed by atoms with Crippen molar-refractivity contribution < 1.29 is 0 Å². The number of hydrogen-bond acceptors (Lipinski definition) is 4. The highest BCUT2D eigenvalue weighted by atomic mass is 16.1. The number of benzene rings is 1. The predicted molar refractivity (Wildman–Crippen MR) is 102 cm³/mol. The van der Waals surface area contributed by atoms with E-state index in [4.69, 9.17) is 0 Å². The van der Waals surface area contributed by atoms with E-state index in [0.29, 0.717) is 17.6 Å². The Bertz CT molecular complexity index is 1150. The normalized spacial score (nSPS) is 11.0. The third-order valence-corrected chi connectivity index (χ3v) is 4.39. The molecule has 5 nitrogen and oxygen atoms in total. The molecule has 4 aromatic rings. The molecule has 0 atom stereocenters. The lowest BCUT2D eigenvalue weighted by Gasteiger charge is -2.09. The number of fused-ring (bicyclic) bond motifs is 1. The monoisotopic (exact) mass is 342 g/mol. The van der Waals surface area contributed by atoms with Gasteiger partial charge in [-0.15, -0.1) is 0 Å². The molecule has 0 saturated heterocycles. The summed E-state index contributed by atoms with van der Waals surface area (Å²) < 4.78 is 1.55. The maximum Gasteiger partial charge on any atom is 0.280 e. The van der Waals surface area contributed by atoms with E-state index in [9.17, 15) is 4.79 Å². The molecule has 0 saturated carbocycles. The highest BCUT2D eigenvalue weighted by Gasteiger charge is 2.10. The van der Waals surface area contributed by atoms with E-state index in [1.54, 1.807) is 17.1 Å². The summed E-state index contributed by atoms with van der Waals surface area (Å²) in [7, 11) is 0. The fraction of sp³-hybridized carbons (Fsp3) is 0.143. The van der Waals surface area contributed by atoms with Gasteiger partial charge in [-0.3, -0.25) is 14.3 Å². The summed E-state index contributed by atoms with van der Waals surface area (Å²) in [5.41, 5.74) is 5.76. The van der Waals surface area contributed by atoms with Gasteiger partial charge in [0.2, 0.25) is 0 Å². The summed E-state index contributed by atoms with van der Waals surface area (Å²) >= 11 is 0. The Morgan fingerprint density at radius 3 is 2.65 bits per heavy atom. The first-order valence-corrected chi connectivity index (χ1v) is 8.45. The average Bonchev–Trinajstić information content (AvgIpc) is 2.65. The molecule has 0 spiro atoms. The molecule has 26 heavy (non-hydrogen) atoms. The standard InChI is InChI=1S/C21H18N4O/c1-14-6-7-17(15(2)11-14)18-8-9-19-20(24-18)21(26)25(13-23-19)12-16-5-3-4-10-22-16/h3-11,13H,12H2,1-2H3. The van der Waals surface area contributed by atoms with Gasteiger partial charge < -0.3 is 0 Å². The maximum absolute atomic E-state index is 12.9. The van der Waals surface area contributed by atoms with Crippen LogP contribution in [-0.2, 0) is 6.54 Å². The van der Waals surface area contributed by atoms with Crippen LogP contribution in [0.2, 0.25) is 0 Å². The second-order valence-corrected chi connectivity index (χ2v) is 6.38. The summed E-state index contributed by atoms with van der Waals surface area (Å²) in [6, 6.07) is 15.6. The highest BCUT2D eigenvalue weighted by Crippen LogP contribution is 2.23. The van der Waals surface area contributed by atoms with Crippen LogP contribution >= 0.6 is 0 Å². The molecule has 5 heteroatoms. The van der Waals surface area contributed by atoms with Gasteiger partial charge in [-0.1, -0.05) is 29.8 Å². The van der Waals surface area contributed by atoms with E-state index in [0.717, 1.165) is 22.5 Å². The van der Waals surface area contributed by atoms with E-state index in [1.165, 1.54) is 5.56 Å². The van der Waals surface area contributed by atoms with Gasteiger partial charge in [-0.05, 0) is 43.7 Å². The van der Waals surface area contributed by atoms with Crippen LogP contribution < -0.4 is 5.56 Å². The molecule has 3 heterocycles. The number of pyridine rings is 2. The molecule has 4 rings (SSSR count). The van der Waals surface area contributed by atoms with Crippen LogP contribution in [-0.4, -0.2) is 19.5 Å². The number of hydrogen-bond donors (Lipinski definition) is 0. The molecule has 0 aliphatic carbocycles. The van der Waals surface area contributed by atoms with E-state index in [2.05, 4.69) is 40.9 Å². The summed E-state index contributed by atoms with van der Waals surface area (Å²) in [6.07, 6.45) is 3.27. The summed E-state index contributed by atoms with van der Waals surface area (Å²) in [6.45, 7) is 4.49. The van der Waals surface area contributed by atoms with Crippen LogP contribution in [0.1, 0.15) is 16.8 Å². The molecule has 0 bridgehead atoms. The molecule has 0 fully saturated rings. The van der Waals surface area contributed by atoms with E-state index in [1.807, 2.05) is 36.4 Å². The Hall–Kier alpha value is -3.34. The maximum atomic E-state index is 12.9. The van der Waals surface area contributed by atoms with Crippen molar-refractivity contribution in [3.63, 3.8) is 0 Å². The molecule has 128 valence electrons. The molecular formula is C21H18N4O. The Morgan fingerprint density at radius 2 is 1.88 bits per heavy atom. The first-order valence-electron chi connectivity index (χ1n) is 8.45. The van der Waals surface area contributed by atoms with Gasteiger partial charge in [-0.25, -0.2) is 9.97 Å². The van der Waals surface area contributed by atoms with Gasteiger partial charge in [0.25, 0.3) is 5.56 Å². The van der Waals surface area contributed by atoms with Gasteiger partial charge in [0.15, 0.2) is 5.52 Å². The van der Waals surface area contributed by atoms with Crippen molar-refractivity contribution in [3.05, 3.63) is 88.2 Å². The lowest BCUT2D eigenvalue weighted by Crippen LogP contribution is -2.22. The molecule has 0 unspecified atom stereocenters. The molecule has 0 amide bonds. The minimum absolute atomic E-state index is 0.160. The number of aromatic nitrogens is 4. The first-order chi connectivity index (χ1) is 12.6. The van der Waals surface area contributed by atoms with Crippen molar-refractivity contribution in [1.82, 2.24) is 19.5 Å². The number of rotatable bonds is 3. The Kier molecular flexibility index (Phi) is 4.05. The topological polar surface area (TPSA) is 60.7 Å². The molecule has 0 N–H and O–H groups in total. The van der Waals surface area contributed by atoms with Crippen molar-refractivity contribution in [2.45, 2.75) is 20.4 Å². The van der Waals surface area contributed by atoms with Crippen molar-refractivity contribution in [2.24, 2.45) is 0 Å². The predicted octanol–water partition coefficient (Wildman–Crippen LogP) is 3.52. The molecule has 1 aromatic carbocycles. The van der Waals surface area contributed by atoms with E-state index >= 15 is 0 Å². The summed E-state index contributed by atoms with van der Waals surface area (Å²) in [5.74, 6) is 0. The highest BCUT2D eigenvalue weighted by molar-refractivity contribution is 5.77. The third-order valence-electron chi connectivity index (χ3n) is 4.39. The van der Waals surface area contributed by atoms with Gasteiger partial charge in [0.05, 0.1) is 29.8 Å². The zero-order valence-electron chi connectivity index (χ0n) is 14.7. The van der Waals surface area contributed by atoms with Crippen LogP contribution in [0, 0.1) is 13.8 Å². The van der Waals surface area contributed by atoms with Gasteiger partial charge in [0.1, 0.15) is 0 Å². The second kappa shape index (κ2) is 6.52. The first kappa shape index (κ1) is 16.1. The Morgan fingerprint density at radius 1 is 1.00 bits per heavy atom. The zero-order valence-corrected chi connectivity index (χ0v) is 14.7. The van der Waals surface area contributed by atoms with Gasteiger partial charge >= 0.3 is 0 Å². The fourth-order valence-electron chi connectivity index (χ4n) is 3.06. The number of nitrogens with zero attached hydrogens (tertiary/aromatic N) is 4. The van der Waals surface area contributed by atoms with Crippen LogP contribution in [0.4, 0.5) is 0 Å². The van der Waals surface area contributed by atoms with Gasteiger partial charge in [-0.2, -0.15) is 0 Å². The lowest BCUT2D eigenvalue weighted by molar-refractivity contribution is 0.728. The Balaban J connectivity index is 1.82. The van der Waals surface area contributed by atoms with Crippen molar-refractivity contribution >= 4 is 11.0 Å². The quantitative estimate of drug-likeness (QED) is 0.571. The number of aryl methyl sites for hydroxylation is 2. The summed E-state index contributed by atoms with van der Waals surface area (Å²) in [5, 5.41) is 0. The minimum atomic E-state index is -0.160. The lowest BCUT2D eigenvalue weighted by atomic mass is 10.0. The van der Waals surface area contributed by atoms with Crippen molar-refractivity contribution in [2.75, 3.05) is 0 Å². The molecule has 0 aliphatic rings. The van der Waals surface area contributed by atoms with E-state index in [-0.39, 0.29) is 5.56 Å². The molecular weight excluding hydrogens is 324 g/mol. The van der Waals surface area contributed by atoms with Crippen LogP contribution in [0.15, 0.2) is 65.8 Å². The van der Waals surface area contributed by atoms with Gasteiger partial charge in [0, 0.05) is 11.8 Å².